The van der Waals surface area contributed by atoms with E-state index in [4.69, 9.17) is 16.3 Å². The molecule has 0 spiro atoms. The molecule has 0 unspecified atom stereocenters. The molecule has 0 aliphatic carbocycles. The Labute approximate surface area is 85.1 Å². The van der Waals surface area contributed by atoms with Crippen molar-refractivity contribution >= 4 is 5.96 Å². The monoisotopic (exact) mass is 200 g/mol. The molecule has 82 valence electrons. The van der Waals surface area contributed by atoms with Crippen molar-refractivity contribution in [1.29, 1.82) is 0 Å². The first-order chi connectivity index (χ1) is 6.79. The number of nitrogens with zero attached hydrogens (tertiary/aromatic N) is 2. The van der Waals surface area contributed by atoms with Crippen molar-refractivity contribution in [2.45, 2.75) is 25.7 Å². The molecule has 0 aromatic carbocycles. The van der Waals surface area contributed by atoms with Crippen molar-refractivity contribution in [1.82, 2.24) is 4.90 Å². The summed E-state index contributed by atoms with van der Waals surface area (Å²) in [6.07, 6.45) is 5.29. The molecule has 0 amide bonds. The van der Waals surface area contributed by atoms with Crippen LogP contribution in [0, 0.1) is 0 Å². The number of hydrogen-bond acceptors (Lipinski definition) is 3. The van der Waals surface area contributed by atoms with Gasteiger partial charge in [-0.1, -0.05) is 12.8 Å². The smallest absolute Gasteiger partial charge is 0.228 e. The third-order valence-electron chi connectivity index (χ3n) is 2.37. The van der Waals surface area contributed by atoms with Crippen LogP contribution >= 0.6 is 0 Å². The summed E-state index contributed by atoms with van der Waals surface area (Å²) in [4.78, 5) is 7.33. The molecule has 1 saturated heterocycles. The van der Waals surface area contributed by atoms with Gasteiger partial charge in [0.2, 0.25) is 5.96 Å². The van der Waals surface area contributed by atoms with Crippen LogP contribution in [-0.4, -0.2) is 37.1 Å². The number of likely N-dealkylation sites (tertiary alicyclic amines) is 1. The molecule has 1 fully saturated rings. The topological polar surface area (TPSA) is 76.9 Å². The summed E-state index contributed by atoms with van der Waals surface area (Å²) >= 11 is 0. The average Bonchev–Trinajstić information content (AvgIpc) is 2.40. The van der Waals surface area contributed by atoms with Crippen LogP contribution in [0.25, 0.3) is 0 Å². The van der Waals surface area contributed by atoms with Gasteiger partial charge in [-0.3, -0.25) is 4.90 Å². The predicted molar refractivity (Wildman–Crippen MR) is 56.7 cm³/mol. The summed E-state index contributed by atoms with van der Waals surface area (Å²) < 4.78 is 0. The van der Waals surface area contributed by atoms with Gasteiger partial charge in [0.25, 0.3) is 0 Å². The summed E-state index contributed by atoms with van der Waals surface area (Å²) in [5, 5.41) is 3.48. The molecule has 0 bridgehead atoms. The molecule has 1 heterocycles. The van der Waals surface area contributed by atoms with Gasteiger partial charge >= 0.3 is 0 Å². The second kappa shape index (κ2) is 6.48. The minimum Gasteiger partial charge on any atom is -0.391 e. The molecule has 5 heteroatoms. The molecule has 0 saturated carbocycles. The molecule has 0 atom stereocenters. The minimum absolute atomic E-state index is 0.0131. The van der Waals surface area contributed by atoms with E-state index >= 15 is 0 Å². The van der Waals surface area contributed by atoms with E-state index in [-0.39, 0.29) is 5.96 Å². The van der Waals surface area contributed by atoms with Gasteiger partial charge in [0.05, 0.1) is 0 Å². The lowest BCUT2D eigenvalue weighted by molar-refractivity contribution is 0.111. The van der Waals surface area contributed by atoms with Crippen molar-refractivity contribution in [3.63, 3.8) is 0 Å². The van der Waals surface area contributed by atoms with E-state index in [0.29, 0.717) is 6.61 Å². The van der Waals surface area contributed by atoms with Crippen LogP contribution in [0.3, 0.4) is 0 Å². The molecule has 0 aromatic rings. The normalized spacial score (nSPS) is 18.6. The third-order valence-corrected chi connectivity index (χ3v) is 2.37. The largest absolute Gasteiger partial charge is 0.391 e. The van der Waals surface area contributed by atoms with Gasteiger partial charge in [0.15, 0.2) is 0 Å². The van der Waals surface area contributed by atoms with Crippen LogP contribution in [0.2, 0.25) is 0 Å². The van der Waals surface area contributed by atoms with Gasteiger partial charge in [0.1, 0.15) is 6.61 Å². The molecule has 1 aliphatic rings. The predicted octanol–water partition coefficient (Wildman–Crippen LogP) is 0.0674. The van der Waals surface area contributed by atoms with Crippen molar-refractivity contribution < 1.29 is 4.84 Å². The summed E-state index contributed by atoms with van der Waals surface area (Å²) in [6.45, 7) is 3.82. The number of nitrogens with two attached hydrogens (primary N) is 2. The molecule has 4 N–H and O–H groups in total. The highest BCUT2D eigenvalue weighted by atomic mass is 16.6. The maximum atomic E-state index is 5.13. The van der Waals surface area contributed by atoms with Crippen LogP contribution in [0.5, 0.6) is 0 Å². The fraction of sp³-hybridized carbons (Fsp3) is 0.889. The first-order valence-electron chi connectivity index (χ1n) is 5.22. The highest BCUT2D eigenvalue weighted by molar-refractivity contribution is 5.74. The maximum absolute atomic E-state index is 5.13. The average molecular weight is 200 g/mol. The van der Waals surface area contributed by atoms with Gasteiger partial charge < -0.3 is 16.3 Å². The first kappa shape index (κ1) is 11.1. The van der Waals surface area contributed by atoms with E-state index in [1.807, 2.05) is 0 Å². The Balaban J connectivity index is 2.07. The highest BCUT2D eigenvalue weighted by Crippen LogP contribution is 2.08. The lowest BCUT2D eigenvalue weighted by Crippen LogP contribution is -2.29. The zero-order valence-electron chi connectivity index (χ0n) is 8.61. The van der Waals surface area contributed by atoms with E-state index in [1.54, 1.807) is 0 Å². The van der Waals surface area contributed by atoms with E-state index in [2.05, 4.69) is 10.1 Å². The quantitative estimate of drug-likeness (QED) is 0.291. The summed E-state index contributed by atoms with van der Waals surface area (Å²) in [6, 6.07) is 0. The summed E-state index contributed by atoms with van der Waals surface area (Å²) in [5.41, 5.74) is 10.3. The summed E-state index contributed by atoms with van der Waals surface area (Å²) in [5.74, 6) is -0.0131. The van der Waals surface area contributed by atoms with Gasteiger partial charge in [-0.05, 0) is 31.1 Å². The standard InChI is InChI=1S/C9H20N4O/c10-9(11)12-14-8-7-13-5-3-1-2-4-6-13/h1-8H2,(H4,10,11,12). The van der Waals surface area contributed by atoms with Gasteiger partial charge in [0, 0.05) is 6.54 Å². The van der Waals surface area contributed by atoms with Crippen LogP contribution < -0.4 is 11.5 Å². The molecule has 5 nitrogen and oxygen atoms in total. The van der Waals surface area contributed by atoms with Crippen molar-refractivity contribution in [3.05, 3.63) is 0 Å². The Kier molecular flexibility index (Phi) is 5.14. The molecular weight excluding hydrogens is 180 g/mol. The second-order valence-corrected chi connectivity index (χ2v) is 3.61. The lowest BCUT2D eigenvalue weighted by atomic mass is 10.2. The summed E-state index contributed by atoms with van der Waals surface area (Å²) in [7, 11) is 0. The SMILES string of the molecule is NC(N)=NOCCN1CCCCCC1. The van der Waals surface area contributed by atoms with Crippen LogP contribution in [0.4, 0.5) is 0 Å². The maximum Gasteiger partial charge on any atom is 0.228 e. The van der Waals surface area contributed by atoms with Crippen molar-refractivity contribution in [2.75, 3.05) is 26.2 Å². The lowest BCUT2D eigenvalue weighted by Gasteiger charge is -2.18. The molecule has 0 aromatic heterocycles. The minimum atomic E-state index is -0.0131. The number of rotatable bonds is 4. The molecule has 14 heavy (non-hydrogen) atoms. The Morgan fingerprint density at radius 2 is 1.79 bits per heavy atom. The van der Waals surface area contributed by atoms with Gasteiger partial charge in [-0.2, -0.15) is 0 Å². The molecular formula is C9H20N4O. The third kappa shape index (κ3) is 4.91. The zero-order valence-corrected chi connectivity index (χ0v) is 8.61. The number of hydrogen-bond donors (Lipinski definition) is 2. The van der Waals surface area contributed by atoms with E-state index < -0.39 is 0 Å². The number of oxime groups is 1. The van der Waals surface area contributed by atoms with E-state index in [0.717, 1.165) is 6.54 Å². The van der Waals surface area contributed by atoms with Gasteiger partial charge in [-0.25, -0.2) is 0 Å². The fourth-order valence-corrected chi connectivity index (χ4v) is 1.65. The molecule has 1 aliphatic heterocycles. The van der Waals surface area contributed by atoms with Crippen LogP contribution in [0.1, 0.15) is 25.7 Å². The van der Waals surface area contributed by atoms with Crippen molar-refractivity contribution in [2.24, 2.45) is 16.6 Å². The Bertz CT molecular complexity index is 172. The Morgan fingerprint density at radius 3 is 2.36 bits per heavy atom. The zero-order chi connectivity index (χ0) is 10.2. The van der Waals surface area contributed by atoms with Crippen molar-refractivity contribution in [3.8, 4) is 0 Å². The van der Waals surface area contributed by atoms with Gasteiger partial charge in [-0.15, -0.1) is 0 Å². The van der Waals surface area contributed by atoms with Crippen LogP contribution in [0.15, 0.2) is 5.16 Å². The first-order valence-corrected chi connectivity index (χ1v) is 5.22. The second-order valence-electron chi connectivity index (χ2n) is 3.61. The fourth-order valence-electron chi connectivity index (χ4n) is 1.65. The Hall–Kier alpha value is -0.970. The van der Waals surface area contributed by atoms with Crippen LogP contribution in [-0.2, 0) is 4.84 Å². The van der Waals surface area contributed by atoms with E-state index in [9.17, 15) is 0 Å². The Morgan fingerprint density at radius 1 is 1.14 bits per heavy atom. The molecule has 1 rings (SSSR count). The molecule has 0 radical (unpaired) electrons. The highest BCUT2D eigenvalue weighted by Gasteiger charge is 2.07. The van der Waals surface area contributed by atoms with E-state index in [1.165, 1.54) is 38.8 Å². The number of guanidine groups is 1.